The summed E-state index contributed by atoms with van der Waals surface area (Å²) in [6, 6.07) is -1.39. The molecule has 0 atom stereocenters. The van der Waals surface area contributed by atoms with Crippen molar-refractivity contribution in [2.24, 2.45) is 0 Å². The van der Waals surface area contributed by atoms with Crippen molar-refractivity contribution in [3.63, 3.8) is 0 Å². The Kier molecular flexibility index (Phi) is 1.36. The van der Waals surface area contributed by atoms with Crippen molar-refractivity contribution >= 4 is 5.97 Å². The molecule has 0 fully saturated rings. The number of aromatic carboxylic acids is 1. The number of halogens is 1. The second kappa shape index (κ2) is 3.57. The molecule has 0 radical (unpaired) electrons. The van der Waals surface area contributed by atoms with Gasteiger partial charge in [0.15, 0.2) is 0 Å². The predicted octanol–water partition coefficient (Wildman–Crippen LogP) is 2.31. The molecule has 0 bridgehead atoms. The summed E-state index contributed by atoms with van der Waals surface area (Å²) in [6.07, 6.45) is 2.31. The SMILES string of the molecule is [2H]c1c([2H])c([2H])c(-n2ccc(C(=O)O)c2)c(F)c1[2H]. The lowest BCUT2D eigenvalue weighted by atomic mass is 10.3. The minimum atomic E-state index is -1.21. The molecule has 3 nitrogen and oxygen atoms in total. The highest BCUT2D eigenvalue weighted by atomic mass is 19.1. The Morgan fingerprint density at radius 1 is 1.47 bits per heavy atom. The third-order valence-corrected chi connectivity index (χ3v) is 1.82. The van der Waals surface area contributed by atoms with E-state index in [4.69, 9.17) is 10.6 Å². The Labute approximate surface area is 91.0 Å². The first-order valence-electron chi connectivity index (χ1n) is 6.02. The molecule has 4 heteroatoms. The molecule has 1 N–H and O–H groups in total. The van der Waals surface area contributed by atoms with Crippen LogP contribution in [0.5, 0.6) is 0 Å². The minimum Gasteiger partial charge on any atom is -0.478 e. The third-order valence-electron chi connectivity index (χ3n) is 1.82. The van der Waals surface area contributed by atoms with Gasteiger partial charge in [0.05, 0.1) is 16.7 Å². The maximum Gasteiger partial charge on any atom is 0.337 e. The smallest absolute Gasteiger partial charge is 0.337 e. The molecule has 0 saturated carbocycles. The maximum absolute atomic E-state index is 13.9. The van der Waals surface area contributed by atoms with Crippen molar-refractivity contribution in [2.75, 3.05) is 0 Å². The zero-order valence-corrected chi connectivity index (χ0v) is 7.41. The quantitative estimate of drug-likeness (QED) is 0.824. The molecule has 1 heterocycles. The molecule has 0 saturated heterocycles. The number of hydrogen-bond acceptors (Lipinski definition) is 1. The van der Waals surface area contributed by atoms with Crippen LogP contribution in [0.1, 0.15) is 15.8 Å². The lowest BCUT2D eigenvalue weighted by Gasteiger charge is -2.02. The molecular weight excluding hydrogens is 197 g/mol. The van der Waals surface area contributed by atoms with Crippen LogP contribution in [0.3, 0.4) is 0 Å². The largest absolute Gasteiger partial charge is 0.478 e. The number of hydrogen-bond donors (Lipinski definition) is 1. The number of carbonyl (C=O) groups is 1. The van der Waals surface area contributed by atoms with Gasteiger partial charge >= 0.3 is 5.97 Å². The van der Waals surface area contributed by atoms with E-state index in [-0.39, 0.29) is 5.56 Å². The highest BCUT2D eigenvalue weighted by Crippen LogP contribution is 2.14. The molecule has 0 spiro atoms. The highest BCUT2D eigenvalue weighted by molar-refractivity contribution is 5.87. The Balaban J connectivity index is 2.71. The van der Waals surface area contributed by atoms with Gasteiger partial charge in [0.2, 0.25) is 0 Å². The van der Waals surface area contributed by atoms with Crippen molar-refractivity contribution in [2.45, 2.75) is 0 Å². The van der Waals surface area contributed by atoms with E-state index in [1.54, 1.807) is 0 Å². The monoisotopic (exact) mass is 209 g/mol. The van der Waals surface area contributed by atoms with Crippen molar-refractivity contribution in [3.8, 4) is 5.69 Å². The summed E-state index contributed by atoms with van der Waals surface area (Å²) in [5, 5.41) is 8.78. The molecule has 76 valence electrons. The van der Waals surface area contributed by atoms with Crippen LogP contribution in [0.2, 0.25) is 0 Å². The van der Waals surface area contributed by atoms with E-state index in [1.807, 2.05) is 0 Å². The fourth-order valence-corrected chi connectivity index (χ4v) is 1.13. The Hall–Kier alpha value is -2.10. The zero-order valence-electron chi connectivity index (χ0n) is 11.4. The van der Waals surface area contributed by atoms with Crippen LogP contribution in [0.4, 0.5) is 4.39 Å². The molecular formula is C11H8FNO2. The number of rotatable bonds is 2. The number of carboxylic acid groups (broad SMARTS) is 1. The number of nitrogens with zero attached hydrogens (tertiary/aromatic N) is 1. The van der Waals surface area contributed by atoms with E-state index in [0.29, 0.717) is 0 Å². The molecule has 0 amide bonds. The minimum absolute atomic E-state index is 0.105. The third kappa shape index (κ3) is 1.74. The number of aromatic nitrogens is 1. The van der Waals surface area contributed by atoms with E-state index in [0.717, 1.165) is 10.8 Å². The van der Waals surface area contributed by atoms with Gasteiger partial charge in [-0.1, -0.05) is 12.1 Å². The lowest BCUT2D eigenvalue weighted by molar-refractivity contribution is 0.0697. The van der Waals surface area contributed by atoms with Crippen LogP contribution in [0.25, 0.3) is 5.69 Å². The molecule has 2 rings (SSSR count). The summed E-state index contributed by atoms with van der Waals surface area (Å²) >= 11 is 0. The van der Waals surface area contributed by atoms with Gasteiger partial charge in [0, 0.05) is 12.4 Å². The van der Waals surface area contributed by atoms with Crippen molar-refractivity contribution in [3.05, 3.63) is 54.0 Å². The number of carboxylic acids is 1. The number of para-hydroxylation sites is 1. The maximum atomic E-state index is 13.9. The van der Waals surface area contributed by atoms with Crippen molar-refractivity contribution in [1.29, 1.82) is 0 Å². The van der Waals surface area contributed by atoms with Crippen LogP contribution in [-0.4, -0.2) is 15.6 Å². The summed E-state index contributed by atoms with van der Waals surface area (Å²) in [6.45, 7) is 0. The van der Waals surface area contributed by atoms with E-state index >= 15 is 0 Å². The van der Waals surface area contributed by atoms with Crippen LogP contribution in [0, 0.1) is 5.82 Å². The average Bonchev–Trinajstić information content (AvgIpc) is 2.84. The number of benzene rings is 1. The molecule has 1 aromatic carbocycles. The first kappa shape index (κ1) is 5.70. The van der Waals surface area contributed by atoms with Gasteiger partial charge in [-0.25, -0.2) is 9.18 Å². The van der Waals surface area contributed by atoms with Crippen LogP contribution >= 0.6 is 0 Å². The molecule has 1 aromatic heterocycles. The topological polar surface area (TPSA) is 42.2 Å². The van der Waals surface area contributed by atoms with Crippen LogP contribution in [-0.2, 0) is 0 Å². The van der Waals surface area contributed by atoms with E-state index in [9.17, 15) is 9.18 Å². The van der Waals surface area contributed by atoms with Gasteiger partial charge in [-0.2, -0.15) is 0 Å². The van der Waals surface area contributed by atoms with Gasteiger partial charge in [-0.15, -0.1) is 0 Å². The normalized spacial score (nSPS) is 13.9. The van der Waals surface area contributed by atoms with Gasteiger partial charge in [0.1, 0.15) is 5.82 Å². The molecule has 0 aliphatic heterocycles. The summed E-state index contributed by atoms with van der Waals surface area (Å²) in [5.41, 5.74) is -0.509. The average molecular weight is 209 g/mol. The summed E-state index contributed by atoms with van der Waals surface area (Å²) < 4.78 is 44.7. The van der Waals surface area contributed by atoms with Gasteiger partial charge in [-0.05, 0) is 18.2 Å². The fourth-order valence-electron chi connectivity index (χ4n) is 1.13. The summed E-state index contributed by atoms with van der Waals surface area (Å²) in [4.78, 5) is 10.7. The van der Waals surface area contributed by atoms with Gasteiger partial charge in [-0.3, -0.25) is 0 Å². The second-order valence-corrected chi connectivity index (χ2v) is 2.78. The Morgan fingerprint density at radius 3 is 2.87 bits per heavy atom. The van der Waals surface area contributed by atoms with Crippen LogP contribution < -0.4 is 0 Å². The predicted molar refractivity (Wildman–Crippen MR) is 52.7 cm³/mol. The highest BCUT2D eigenvalue weighted by Gasteiger charge is 2.07. The second-order valence-electron chi connectivity index (χ2n) is 2.78. The molecule has 0 aliphatic carbocycles. The van der Waals surface area contributed by atoms with E-state index < -0.39 is 41.6 Å². The first-order valence-corrected chi connectivity index (χ1v) is 4.02. The molecule has 15 heavy (non-hydrogen) atoms. The summed E-state index contributed by atoms with van der Waals surface area (Å²) in [7, 11) is 0. The lowest BCUT2D eigenvalue weighted by Crippen LogP contribution is -1.96. The zero-order chi connectivity index (χ0) is 14.3. The standard InChI is InChI=1S/C11H8FNO2/c12-9-3-1-2-4-10(9)13-6-5-8(7-13)11(14)15/h1-7H,(H,14,15)/i1D,2D,3D,4D. The van der Waals surface area contributed by atoms with Crippen LogP contribution in [0.15, 0.2) is 42.6 Å². The summed E-state index contributed by atoms with van der Waals surface area (Å²) in [5.74, 6) is -2.33. The molecule has 0 aliphatic rings. The van der Waals surface area contributed by atoms with Crippen molar-refractivity contribution in [1.82, 2.24) is 4.57 Å². The van der Waals surface area contributed by atoms with E-state index in [2.05, 4.69) is 0 Å². The van der Waals surface area contributed by atoms with Crippen molar-refractivity contribution < 1.29 is 19.8 Å². The molecule has 2 aromatic rings. The van der Waals surface area contributed by atoms with E-state index in [1.165, 1.54) is 12.3 Å². The first-order chi connectivity index (χ1) is 8.84. The Bertz CT molecular complexity index is 655. The Morgan fingerprint density at radius 2 is 2.20 bits per heavy atom. The van der Waals surface area contributed by atoms with Gasteiger partial charge in [0.25, 0.3) is 0 Å². The van der Waals surface area contributed by atoms with Gasteiger partial charge < -0.3 is 9.67 Å². The molecule has 0 unspecified atom stereocenters. The fraction of sp³-hybridized carbons (Fsp3) is 0.